The molecule has 4 rings (SSSR count). The van der Waals surface area contributed by atoms with E-state index in [-0.39, 0.29) is 0 Å². The maximum Gasteiger partial charge on any atom is 0.345 e. The molecule has 0 amide bonds. The van der Waals surface area contributed by atoms with E-state index in [0.717, 1.165) is 24.0 Å². The van der Waals surface area contributed by atoms with Gasteiger partial charge in [0.05, 0.1) is 34.4 Å². The molecular formula is C21H19Cl2N2O3+. The molecule has 3 aromatic rings. The lowest BCUT2D eigenvalue weighted by atomic mass is 10.1. The molecule has 0 unspecified atom stereocenters. The van der Waals surface area contributed by atoms with Crippen molar-refractivity contribution in [3.63, 3.8) is 0 Å². The summed E-state index contributed by atoms with van der Waals surface area (Å²) in [6.45, 7) is 3.86. The van der Waals surface area contributed by atoms with Gasteiger partial charge in [-0.05, 0) is 30.3 Å². The number of pyridine rings is 1. The Morgan fingerprint density at radius 1 is 1.11 bits per heavy atom. The predicted molar refractivity (Wildman–Crippen MR) is 108 cm³/mol. The molecule has 28 heavy (non-hydrogen) atoms. The van der Waals surface area contributed by atoms with Crippen LogP contribution >= 0.6 is 23.2 Å². The Labute approximate surface area is 172 Å². The molecule has 1 fully saturated rings. The second kappa shape index (κ2) is 8.45. The molecule has 1 aliphatic heterocycles. The Hall–Kier alpha value is -2.18. The number of benzene rings is 2. The summed E-state index contributed by atoms with van der Waals surface area (Å²) in [5.41, 5.74) is 1.72. The second-order valence-electron chi connectivity index (χ2n) is 6.65. The van der Waals surface area contributed by atoms with Gasteiger partial charge in [-0.2, -0.15) is 0 Å². The number of nitrogens with one attached hydrogen (secondary N) is 1. The Morgan fingerprint density at radius 2 is 1.89 bits per heavy atom. The number of halogens is 2. The van der Waals surface area contributed by atoms with Crippen LogP contribution in [0.3, 0.4) is 0 Å². The molecule has 1 aromatic heterocycles. The minimum Gasteiger partial charge on any atom is -0.420 e. The zero-order chi connectivity index (χ0) is 19.5. The van der Waals surface area contributed by atoms with Gasteiger partial charge in [0.1, 0.15) is 25.2 Å². The fourth-order valence-corrected chi connectivity index (χ4v) is 3.85. The van der Waals surface area contributed by atoms with E-state index < -0.39 is 5.97 Å². The Kier molecular flexibility index (Phi) is 5.78. The highest BCUT2D eigenvalue weighted by atomic mass is 35.5. The fraction of sp³-hybridized carbons (Fsp3) is 0.238. The third-order valence-corrected chi connectivity index (χ3v) is 5.44. The normalized spacial score (nSPS) is 14.9. The van der Waals surface area contributed by atoms with Crippen LogP contribution in [0.1, 0.15) is 15.9 Å². The summed E-state index contributed by atoms with van der Waals surface area (Å²) in [5, 5.41) is 1.68. The number of fused-ring (bicyclic) bond motifs is 1. The largest absolute Gasteiger partial charge is 0.420 e. The number of nitrogens with zero attached hydrogens (tertiary/aromatic N) is 1. The molecule has 0 aliphatic carbocycles. The fourth-order valence-electron chi connectivity index (χ4n) is 3.35. The number of esters is 1. The number of rotatable bonds is 4. The summed E-state index contributed by atoms with van der Waals surface area (Å²) in [6.07, 6.45) is 1.66. The van der Waals surface area contributed by atoms with Gasteiger partial charge in [0.25, 0.3) is 0 Å². The number of morpholine rings is 1. The van der Waals surface area contributed by atoms with Crippen molar-refractivity contribution in [3.8, 4) is 5.75 Å². The van der Waals surface area contributed by atoms with Crippen LogP contribution < -0.4 is 9.64 Å². The second-order valence-corrected chi connectivity index (χ2v) is 7.47. The van der Waals surface area contributed by atoms with Gasteiger partial charge in [0.15, 0.2) is 5.75 Å². The van der Waals surface area contributed by atoms with Crippen LogP contribution in [0.25, 0.3) is 10.9 Å². The molecule has 0 saturated carbocycles. The first-order valence-corrected chi connectivity index (χ1v) is 9.83. The number of carbonyl (C=O) groups excluding carboxylic acids is 1. The van der Waals surface area contributed by atoms with Crippen molar-refractivity contribution in [1.82, 2.24) is 4.98 Å². The minimum atomic E-state index is -0.516. The average molecular weight is 418 g/mol. The number of hydrogen-bond donors (Lipinski definition) is 1. The van der Waals surface area contributed by atoms with Crippen molar-refractivity contribution in [2.45, 2.75) is 6.54 Å². The van der Waals surface area contributed by atoms with E-state index in [2.05, 4.69) is 4.98 Å². The van der Waals surface area contributed by atoms with Gasteiger partial charge in [-0.1, -0.05) is 35.3 Å². The minimum absolute atomic E-state index is 0.313. The first-order valence-electron chi connectivity index (χ1n) is 9.07. The molecule has 0 atom stereocenters. The van der Waals surface area contributed by atoms with Crippen molar-refractivity contribution < 1.29 is 19.2 Å². The van der Waals surface area contributed by atoms with E-state index in [1.807, 2.05) is 12.1 Å². The molecule has 1 aliphatic rings. The van der Waals surface area contributed by atoms with Crippen LogP contribution in [0.15, 0.2) is 48.7 Å². The Balaban J connectivity index is 1.75. The third kappa shape index (κ3) is 3.98. The average Bonchev–Trinajstić information content (AvgIpc) is 2.72. The molecule has 2 heterocycles. The van der Waals surface area contributed by atoms with E-state index in [4.69, 9.17) is 32.7 Å². The van der Waals surface area contributed by atoms with E-state index >= 15 is 0 Å². The van der Waals surface area contributed by atoms with Crippen LogP contribution in [-0.4, -0.2) is 37.3 Å². The number of carbonyl (C=O) groups is 1. The number of quaternary nitrogens is 1. The molecule has 2 aromatic carbocycles. The molecule has 5 nitrogen and oxygen atoms in total. The maximum atomic E-state index is 12.8. The SMILES string of the molecule is O=C(Oc1c(C[NH+]2CCOCC2)cc(Cl)c2cccnc12)c1ccccc1Cl. The first kappa shape index (κ1) is 19.2. The summed E-state index contributed by atoms with van der Waals surface area (Å²) in [7, 11) is 0. The van der Waals surface area contributed by atoms with Crippen molar-refractivity contribution in [2.75, 3.05) is 26.3 Å². The van der Waals surface area contributed by atoms with E-state index in [0.29, 0.717) is 46.6 Å². The molecular weight excluding hydrogens is 399 g/mol. The predicted octanol–water partition coefficient (Wildman–Crippen LogP) is 3.18. The summed E-state index contributed by atoms with van der Waals surface area (Å²) >= 11 is 12.7. The molecule has 1 N–H and O–H groups in total. The van der Waals surface area contributed by atoms with Crippen LogP contribution in [0, 0.1) is 0 Å². The summed E-state index contributed by atoms with van der Waals surface area (Å²) < 4.78 is 11.3. The maximum absolute atomic E-state index is 12.8. The standard InChI is InChI=1S/C21H18Cl2N2O3/c22-17-6-2-1-4-16(17)21(26)28-20-14(13-25-8-10-27-11-9-25)12-18(23)15-5-3-7-24-19(15)20/h1-7,12H,8-11,13H2/p+1. The monoisotopic (exact) mass is 417 g/mol. The molecule has 7 heteroatoms. The van der Waals surface area contributed by atoms with Gasteiger partial charge in [0, 0.05) is 11.6 Å². The highest BCUT2D eigenvalue weighted by Crippen LogP contribution is 2.34. The van der Waals surface area contributed by atoms with Gasteiger partial charge in [-0.15, -0.1) is 0 Å². The lowest BCUT2D eigenvalue weighted by Gasteiger charge is -2.25. The lowest BCUT2D eigenvalue weighted by molar-refractivity contribution is -0.921. The summed E-state index contributed by atoms with van der Waals surface area (Å²) in [4.78, 5) is 18.6. The first-order chi connectivity index (χ1) is 13.6. The molecule has 0 bridgehead atoms. The highest BCUT2D eigenvalue weighted by molar-refractivity contribution is 6.36. The summed E-state index contributed by atoms with van der Waals surface area (Å²) in [5.74, 6) is -0.0815. The van der Waals surface area contributed by atoms with Gasteiger partial charge >= 0.3 is 5.97 Å². The zero-order valence-corrected chi connectivity index (χ0v) is 16.6. The Morgan fingerprint density at radius 3 is 2.68 bits per heavy atom. The molecule has 0 radical (unpaired) electrons. The van der Waals surface area contributed by atoms with Crippen LogP contribution in [0.4, 0.5) is 0 Å². The van der Waals surface area contributed by atoms with E-state index in [1.54, 1.807) is 36.5 Å². The van der Waals surface area contributed by atoms with Crippen molar-refractivity contribution in [2.24, 2.45) is 0 Å². The third-order valence-electron chi connectivity index (χ3n) is 4.80. The molecule has 144 valence electrons. The quantitative estimate of drug-likeness (QED) is 0.523. The van der Waals surface area contributed by atoms with Crippen LogP contribution in [0.2, 0.25) is 10.0 Å². The van der Waals surface area contributed by atoms with Crippen molar-refractivity contribution >= 4 is 40.1 Å². The lowest BCUT2D eigenvalue weighted by Crippen LogP contribution is -3.12. The van der Waals surface area contributed by atoms with E-state index in [1.165, 1.54) is 4.90 Å². The van der Waals surface area contributed by atoms with Crippen LogP contribution in [0.5, 0.6) is 5.75 Å². The number of aromatic nitrogens is 1. The van der Waals surface area contributed by atoms with Gasteiger partial charge < -0.3 is 14.4 Å². The van der Waals surface area contributed by atoms with Gasteiger partial charge in [0.2, 0.25) is 0 Å². The number of ether oxygens (including phenoxy) is 2. The van der Waals surface area contributed by atoms with Crippen LogP contribution in [-0.2, 0) is 11.3 Å². The van der Waals surface area contributed by atoms with Gasteiger partial charge in [-0.25, -0.2) is 4.79 Å². The number of hydrogen-bond acceptors (Lipinski definition) is 4. The molecule has 0 spiro atoms. The topological polar surface area (TPSA) is 52.9 Å². The molecule has 1 saturated heterocycles. The van der Waals surface area contributed by atoms with E-state index in [9.17, 15) is 4.79 Å². The smallest absolute Gasteiger partial charge is 0.345 e. The zero-order valence-electron chi connectivity index (χ0n) is 15.1. The van der Waals surface area contributed by atoms with Crippen molar-refractivity contribution in [3.05, 3.63) is 69.8 Å². The summed E-state index contributed by atoms with van der Waals surface area (Å²) in [6, 6.07) is 12.4. The van der Waals surface area contributed by atoms with Crippen molar-refractivity contribution in [1.29, 1.82) is 0 Å². The van der Waals surface area contributed by atoms with Gasteiger partial charge in [-0.3, -0.25) is 4.98 Å². The highest BCUT2D eigenvalue weighted by Gasteiger charge is 2.23. The Bertz CT molecular complexity index is 1020.